The molecule has 7 rings (SSSR count). The first-order valence-corrected chi connectivity index (χ1v) is 17.5. The van der Waals surface area contributed by atoms with Gasteiger partial charge in [0.1, 0.15) is 0 Å². The molecule has 6 aromatic carbocycles. The van der Waals surface area contributed by atoms with Gasteiger partial charge in [0, 0.05) is 34.1 Å². The minimum absolute atomic E-state index is 0.510. The van der Waals surface area contributed by atoms with Crippen molar-refractivity contribution < 1.29 is 0 Å². The average molecular weight is 627 g/mol. The van der Waals surface area contributed by atoms with Gasteiger partial charge >= 0.3 is 0 Å². The van der Waals surface area contributed by atoms with Crippen molar-refractivity contribution in [2.45, 2.75) is 65.2 Å². The molecule has 1 aliphatic rings. The summed E-state index contributed by atoms with van der Waals surface area (Å²) in [6.45, 7) is 8.58. The SMILES string of the molecule is Cc1ccc(N(c2ccc(C)cc2)c2ccc(C3CCCCC3c3ccc(N(c4ccc(C)cc4)c4ccc(C)cc4)cc3)cc2)cc1. The van der Waals surface area contributed by atoms with Gasteiger partial charge in [-0.05, 0) is 136 Å². The Balaban J connectivity index is 1.17. The summed E-state index contributed by atoms with van der Waals surface area (Å²) in [5.41, 5.74) is 15.1. The number of anilines is 6. The molecule has 2 unspecified atom stereocenters. The van der Waals surface area contributed by atoms with Crippen LogP contribution in [0.2, 0.25) is 0 Å². The van der Waals surface area contributed by atoms with Crippen molar-refractivity contribution in [3.63, 3.8) is 0 Å². The standard InChI is InChI=1S/C46H46N2/c1-33-9-21-39(22-10-33)47(40-23-11-34(2)12-24-40)43-29-17-37(18-30-43)45-7-5-6-8-46(45)38-19-31-44(32-20-38)48(41-25-13-35(3)14-26-41)42-27-15-36(4)16-28-42/h9-32,45-46H,5-8H2,1-4H3. The van der Waals surface area contributed by atoms with Gasteiger partial charge in [0.25, 0.3) is 0 Å². The van der Waals surface area contributed by atoms with Crippen LogP contribution < -0.4 is 9.80 Å². The van der Waals surface area contributed by atoms with E-state index >= 15 is 0 Å². The van der Waals surface area contributed by atoms with Crippen LogP contribution in [0.4, 0.5) is 34.1 Å². The maximum atomic E-state index is 2.39. The topological polar surface area (TPSA) is 6.48 Å². The zero-order chi connectivity index (χ0) is 33.0. The van der Waals surface area contributed by atoms with Gasteiger partial charge in [-0.25, -0.2) is 0 Å². The molecule has 2 heteroatoms. The highest BCUT2D eigenvalue weighted by Gasteiger charge is 2.28. The highest BCUT2D eigenvalue weighted by atomic mass is 15.1. The Morgan fingerprint density at radius 3 is 0.750 bits per heavy atom. The Kier molecular flexibility index (Phi) is 9.16. The molecule has 0 bridgehead atoms. The number of benzene rings is 6. The fourth-order valence-corrected chi connectivity index (χ4v) is 7.34. The number of nitrogens with zero attached hydrogens (tertiary/aromatic N) is 2. The molecule has 0 aromatic heterocycles. The van der Waals surface area contributed by atoms with E-state index in [1.165, 1.54) is 93.2 Å². The van der Waals surface area contributed by atoms with Gasteiger partial charge in [0.05, 0.1) is 0 Å². The van der Waals surface area contributed by atoms with Crippen molar-refractivity contribution in [1.82, 2.24) is 0 Å². The van der Waals surface area contributed by atoms with E-state index in [-0.39, 0.29) is 0 Å². The Morgan fingerprint density at radius 1 is 0.312 bits per heavy atom. The fourth-order valence-electron chi connectivity index (χ4n) is 7.34. The molecule has 0 amide bonds. The van der Waals surface area contributed by atoms with Gasteiger partial charge in [0.2, 0.25) is 0 Å². The second-order valence-corrected chi connectivity index (χ2v) is 13.7. The van der Waals surface area contributed by atoms with Crippen LogP contribution in [0.5, 0.6) is 0 Å². The molecule has 0 N–H and O–H groups in total. The van der Waals surface area contributed by atoms with E-state index in [4.69, 9.17) is 0 Å². The number of hydrogen-bond acceptors (Lipinski definition) is 2. The Morgan fingerprint density at radius 2 is 0.521 bits per heavy atom. The lowest BCUT2D eigenvalue weighted by Crippen LogP contribution is -2.17. The molecule has 0 saturated heterocycles. The second kappa shape index (κ2) is 14.0. The minimum Gasteiger partial charge on any atom is -0.311 e. The molecule has 0 heterocycles. The number of aryl methyl sites for hydroxylation is 4. The first kappa shape index (κ1) is 31.5. The average Bonchev–Trinajstić information content (AvgIpc) is 3.12. The molecule has 0 aliphatic heterocycles. The number of hydrogen-bond donors (Lipinski definition) is 0. The minimum atomic E-state index is 0.510. The first-order valence-electron chi connectivity index (χ1n) is 17.5. The monoisotopic (exact) mass is 626 g/mol. The highest BCUT2D eigenvalue weighted by Crippen LogP contribution is 2.46. The van der Waals surface area contributed by atoms with E-state index < -0.39 is 0 Å². The zero-order valence-electron chi connectivity index (χ0n) is 28.7. The third-order valence-electron chi connectivity index (χ3n) is 10.1. The van der Waals surface area contributed by atoms with Crippen LogP contribution in [0.25, 0.3) is 0 Å². The van der Waals surface area contributed by atoms with E-state index in [0.717, 1.165) is 0 Å². The quantitative estimate of drug-likeness (QED) is 0.166. The lowest BCUT2D eigenvalue weighted by atomic mass is 9.72. The molecule has 240 valence electrons. The second-order valence-electron chi connectivity index (χ2n) is 13.7. The molecular formula is C46H46N2. The highest BCUT2D eigenvalue weighted by molar-refractivity contribution is 5.78. The van der Waals surface area contributed by atoms with Gasteiger partial charge < -0.3 is 9.80 Å². The van der Waals surface area contributed by atoms with Gasteiger partial charge in [-0.2, -0.15) is 0 Å². The largest absolute Gasteiger partial charge is 0.311 e. The maximum absolute atomic E-state index is 2.39. The van der Waals surface area contributed by atoms with Crippen LogP contribution >= 0.6 is 0 Å². The summed E-state index contributed by atoms with van der Waals surface area (Å²) in [6, 6.07) is 54.2. The van der Waals surface area contributed by atoms with E-state index in [9.17, 15) is 0 Å². The lowest BCUT2D eigenvalue weighted by Gasteiger charge is -2.33. The van der Waals surface area contributed by atoms with Crippen molar-refractivity contribution in [1.29, 1.82) is 0 Å². The molecule has 0 radical (unpaired) electrons. The van der Waals surface area contributed by atoms with Crippen LogP contribution in [0, 0.1) is 27.7 Å². The lowest BCUT2D eigenvalue weighted by molar-refractivity contribution is 0.386. The van der Waals surface area contributed by atoms with E-state index in [0.29, 0.717) is 11.8 Å². The summed E-state index contributed by atoms with van der Waals surface area (Å²) in [7, 11) is 0. The normalized spacial score (nSPS) is 16.0. The fraction of sp³-hybridized carbons (Fsp3) is 0.217. The third-order valence-corrected chi connectivity index (χ3v) is 10.1. The molecule has 2 atom stereocenters. The molecular weight excluding hydrogens is 581 g/mol. The molecule has 1 fully saturated rings. The molecule has 1 aliphatic carbocycles. The zero-order valence-corrected chi connectivity index (χ0v) is 28.7. The van der Waals surface area contributed by atoms with Crippen LogP contribution in [-0.4, -0.2) is 0 Å². The van der Waals surface area contributed by atoms with Crippen molar-refractivity contribution >= 4 is 34.1 Å². The molecule has 2 nitrogen and oxygen atoms in total. The van der Waals surface area contributed by atoms with Gasteiger partial charge in [-0.1, -0.05) is 108 Å². The van der Waals surface area contributed by atoms with Gasteiger partial charge in [-0.3, -0.25) is 0 Å². The van der Waals surface area contributed by atoms with Crippen LogP contribution in [0.1, 0.15) is 70.9 Å². The maximum Gasteiger partial charge on any atom is 0.0461 e. The van der Waals surface area contributed by atoms with Crippen LogP contribution in [0.15, 0.2) is 146 Å². The predicted octanol–water partition coefficient (Wildman–Crippen LogP) is 13.3. The predicted molar refractivity (Wildman–Crippen MR) is 205 cm³/mol. The van der Waals surface area contributed by atoms with E-state index in [1.807, 2.05) is 0 Å². The summed E-state index contributed by atoms with van der Waals surface area (Å²) >= 11 is 0. The summed E-state index contributed by atoms with van der Waals surface area (Å²) in [6.07, 6.45) is 5.03. The molecule has 6 aromatic rings. The molecule has 48 heavy (non-hydrogen) atoms. The summed E-state index contributed by atoms with van der Waals surface area (Å²) in [4.78, 5) is 4.74. The van der Waals surface area contributed by atoms with E-state index in [1.54, 1.807) is 0 Å². The van der Waals surface area contributed by atoms with Crippen molar-refractivity contribution in [3.8, 4) is 0 Å². The Bertz CT molecular complexity index is 1680. The molecule has 0 spiro atoms. The molecule has 1 saturated carbocycles. The van der Waals surface area contributed by atoms with E-state index in [2.05, 4.69) is 183 Å². The van der Waals surface area contributed by atoms with Gasteiger partial charge in [-0.15, -0.1) is 0 Å². The summed E-state index contributed by atoms with van der Waals surface area (Å²) in [5.74, 6) is 1.02. The summed E-state index contributed by atoms with van der Waals surface area (Å²) < 4.78 is 0. The van der Waals surface area contributed by atoms with Gasteiger partial charge in [0.15, 0.2) is 0 Å². The van der Waals surface area contributed by atoms with Crippen molar-refractivity contribution in [3.05, 3.63) is 179 Å². The number of rotatable bonds is 8. The Hall–Kier alpha value is -5.08. The van der Waals surface area contributed by atoms with Crippen molar-refractivity contribution in [2.24, 2.45) is 0 Å². The Labute approximate surface area is 287 Å². The van der Waals surface area contributed by atoms with Crippen LogP contribution in [-0.2, 0) is 0 Å². The summed E-state index contributed by atoms with van der Waals surface area (Å²) in [5, 5.41) is 0. The first-order chi connectivity index (χ1) is 23.4. The third kappa shape index (κ3) is 6.80. The van der Waals surface area contributed by atoms with Crippen molar-refractivity contribution in [2.75, 3.05) is 9.80 Å². The van der Waals surface area contributed by atoms with Crippen LogP contribution in [0.3, 0.4) is 0 Å². The smallest absolute Gasteiger partial charge is 0.0461 e.